The average molecular weight is 720 g/mol. The minimum Gasteiger partial charge on any atom is -0.467 e. The Bertz CT molecular complexity index is 2460. The van der Waals surface area contributed by atoms with E-state index in [2.05, 4.69) is 16.0 Å². The Labute approximate surface area is 303 Å². The molecule has 3 fully saturated rings. The second-order valence-electron chi connectivity index (χ2n) is 15.2. The second kappa shape index (κ2) is 11.3. The Morgan fingerprint density at radius 3 is 2.04 bits per heavy atom. The summed E-state index contributed by atoms with van der Waals surface area (Å²) in [5.74, 6) is -1.04. The lowest BCUT2D eigenvalue weighted by molar-refractivity contribution is -0.202. The summed E-state index contributed by atoms with van der Waals surface area (Å²) in [4.78, 5) is 57.9. The van der Waals surface area contributed by atoms with Crippen LogP contribution in [0, 0.1) is 0 Å². The van der Waals surface area contributed by atoms with E-state index in [1.807, 2.05) is 55.3 Å². The Balaban J connectivity index is 1.25. The first-order valence-corrected chi connectivity index (χ1v) is 18.6. The van der Waals surface area contributed by atoms with Crippen LogP contribution in [0.15, 0.2) is 36.4 Å². The van der Waals surface area contributed by atoms with Crippen molar-refractivity contribution in [3.8, 4) is 0 Å². The van der Waals surface area contributed by atoms with Gasteiger partial charge in [-0.3, -0.25) is 4.79 Å². The predicted octanol–water partition coefficient (Wildman–Crippen LogP) is 5.69. The maximum absolute atomic E-state index is 13.9. The molecule has 10 rings (SSSR count). The highest BCUT2D eigenvalue weighted by atomic mass is 16.6. The fourth-order valence-electron chi connectivity index (χ4n) is 9.75. The molecule has 5 aromatic rings. The number of amides is 5. The van der Waals surface area contributed by atoms with Crippen LogP contribution in [0.25, 0.3) is 43.6 Å². The van der Waals surface area contributed by atoms with Gasteiger partial charge in [0.15, 0.2) is 5.72 Å². The number of aliphatic hydroxyl groups is 1. The van der Waals surface area contributed by atoms with Crippen molar-refractivity contribution in [3.05, 3.63) is 47.5 Å². The Morgan fingerprint density at radius 2 is 1.43 bits per heavy atom. The molecule has 2 aromatic heterocycles. The highest BCUT2D eigenvalue weighted by Crippen LogP contribution is 2.58. The van der Waals surface area contributed by atoms with Crippen molar-refractivity contribution in [1.29, 1.82) is 0 Å². The number of ether oxygens (including phenoxy) is 2. The lowest BCUT2D eigenvalue weighted by Gasteiger charge is -2.37. The Hall–Kier alpha value is -5.34. The van der Waals surface area contributed by atoms with E-state index >= 15 is 0 Å². The number of hydrogen-bond donors (Lipinski definition) is 4. The van der Waals surface area contributed by atoms with Crippen molar-refractivity contribution in [1.82, 2.24) is 24.3 Å². The van der Waals surface area contributed by atoms with E-state index in [0.717, 1.165) is 71.3 Å². The number of benzene rings is 3. The minimum atomic E-state index is -2.09. The van der Waals surface area contributed by atoms with E-state index in [9.17, 15) is 24.3 Å². The summed E-state index contributed by atoms with van der Waals surface area (Å²) in [6, 6.07) is 10.9. The molecule has 53 heavy (non-hydrogen) atoms. The highest BCUT2D eigenvalue weighted by molar-refractivity contribution is 6.31. The third-order valence-corrected chi connectivity index (χ3v) is 12.3. The fraction of sp³-hybridized carbons (Fsp3) is 0.436. The molecule has 5 aliphatic heterocycles. The summed E-state index contributed by atoms with van der Waals surface area (Å²) in [7, 11) is 1.25. The van der Waals surface area contributed by atoms with Crippen LogP contribution >= 0.6 is 0 Å². The van der Waals surface area contributed by atoms with Crippen molar-refractivity contribution in [2.45, 2.75) is 76.0 Å². The molecule has 3 atom stereocenters. The molecular formula is C39H41N7O7. The van der Waals surface area contributed by atoms with Gasteiger partial charge in [-0.05, 0) is 87.4 Å². The first-order valence-electron chi connectivity index (χ1n) is 18.6. The van der Waals surface area contributed by atoms with Crippen molar-refractivity contribution in [2.75, 3.05) is 43.9 Å². The van der Waals surface area contributed by atoms with Crippen LogP contribution < -0.4 is 16.0 Å². The number of aromatic nitrogens is 2. The van der Waals surface area contributed by atoms with Crippen LogP contribution in [0.5, 0.6) is 0 Å². The van der Waals surface area contributed by atoms with Gasteiger partial charge >= 0.3 is 18.0 Å². The van der Waals surface area contributed by atoms with Crippen LogP contribution in [0.1, 0.15) is 74.0 Å². The number of likely N-dealkylation sites (tertiary alicyclic amines) is 2. The largest absolute Gasteiger partial charge is 0.467 e. The number of piperidine rings is 2. The second-order valence-corrected chi connectivity index (χ2v) is 15.2. The standard InChI is InChI=1S/C39H41N7O7/c1-38-39(51,35(48)52-2)19-28(53-38)45-26-11-9-21(41-36(49)43-13-5-3-6-14-43)17-23(26)30-31-25(20-40-34(31)47)29-24-18-22(42-37(50)44-15-7-4-8-16-44)10-12-27(24)46(38)33(29)32(30)45/h9-12,17-18,28,51H,3-8,13-16,19-20H2,1-2H3,(H,40,47)(H,41,49)(H,42,50). The molecule has 3 aromatic carbocycles. The first-order chi connectivity index (χ1) is 25.6. The quantitative estimate of drug-likeness (QED) is 0.174. The molecule has 5 aliphatic rings. The highest BCUT2D eigenvalue weighted by Gasteiger charge is 2.66. The van der Waals surface area contributed by atoms with Crippen molar-refractivity contribution in [2.24, 2.45) is 0 Å². The number of fused-ring (bicyclic) bond motifs is 13. The number of hydrogen-bond acceptors (Lipinski definition) is 7. The number of nitrogens with one attached hydrogen (secondary N) is 3. The van der Waals surface area contributed by atoms with E-state index in [-0.39, 0.29) is 30.9 Å². The van der Waals surface area contributed by atoms with Crippen molar-refractivity contribution in [3.63, 3.8) is 0 Å². The van der Waals surface area contributed by atoms with Gasteiger partial charge in [0.1, 0.15) is 6.23 Å². The van der Waals surface area contributed by atoms with E-state index in [1.165, 1.54) is 7.11 Å². The fourth-order valence-corrected chi connectivity index (χ4v) is 9.75. The number of urea groups is 2. The number of methoxy groups -OCH3 is 1. The van der Waals surface area contributed by atoms with Gasteiger partial charge in [-0.2, -0.15) is 0 Å². The Morgan fingerprint density at radius 1 is 0.849 bits per heavy atom. The van der Waals surface area contributed by atoms with Crippen LogP contribution in [0.2, 0.25) is 0 Å². The number of anilines is 2. The molecule has 3 saturated heterocycles. The Kier molecular flexibility index (Phi) is 6.91. The summed E-state index contributed by atoms with van der Waals surface area (Å²) in [5.41, 5.74) is 1.54. The van der Waals surface area contributed by atoms with Crippen LogP contribution in [0.4, 0.5) is 21.0 Å². The topological polar surface area (TPSA) is 159 Å². The summed E-state index contributed by atoms with van der Waals surface area (Å²) in [6.07, 6.45) is 5.14. The molecular weight excluding hydrogens is 678 g/mol. The van der Waals surface area contributed by atoms with Gasteiger partial charge in [-0.15, -0.1) is 0 Å². The zero-order chi connectivity index (χ0) is 36.4. The zero-order valence-electron chi connectivity index (χ0n) is 29.7. The molecule has 0 radical (unpaired) electrons. The summed E-state index contributed by atoms with van der Waals surface area (Å²) in [5, 5.41) is 24.6. The molecule has 3 unspecified atom stereocenters. The van der Waals surface area contributed by atoms with Gasteiger partial charge < -0.3 is 49.5 Å². The van der Waals surface area contributed by atoms with E-state index < -0.39 is 23.5 Å². The molecule has 5 amide bonds. The van der Waals surface area contributed by atoms with Gasteiger partial charge in [-0.25, -0.2) is 14.4 Å². The molecule has 4 N–H and O–H groups in total. The molecule has 0 aliphatic carbocycles. The van der Waals surface area contributed by atoms with Crippen molar-refractivity contribution >= 4 is 78.9 Å². The summed E-state index contributed by atoms with van der Waals surface area (Å²) in [6.45, 7) is 4.76. The molecule has 2 bridgehead atoms. The maximum Gasteiger partial charge on any atom is 0.343 e. The molecule has 0 spiro atoms. The van der Waals surface area contributed by atoms with Crippen LogP contribution in [0.3, 0.4) is 0 Å². The minimum absolute atomic E-state index is 0.115. The number of esters is 1. The first kappa shape index (κ1) is 32.3. The normalized spacial score (nSPS) is 25.0. The smallest absolute Gasteiger partial charge is 0.343 e. The lowest BCUT2D eigenvalue weighted by Crippen LogP contribution is -2.56. The van der Waals surface area contributed by atoms with Gasteiger partial charge in [0.2, 0.25) is 5.60 Å². The summed E-state index contributed by atoms with van der Waals surface area (Å²) < 4.78 is 16.0. The van der Waals surface area contributed by atoms with Gasteiger partial charge in [-0.1, -0.05) is 0 Å². The SMILES string of the molecule is COC(=O)C1(O)CC2OC1(C)n1c3ccc(NC(=O)N4CCCCC4)cc3c3c4c(c5c6cc(NC(=O)N7CCCCC7)ccc6n2c5c31)C(=O)NC4. The van der Waals surface area contributed by atoms with Gasteiger partial charge in [0.05, 0.1) is 34.7 Å². The zero-order valence-corrected chi connectivity index (χ0v) is 29.7. The van der Waals surface area contributed by atoms with Gasteiger partial charge in [0, 0.05) is 72.1 Å². The number of carbonyl (C=O) groups is 4. The number of nitrogens with zero attached hydrogens (tertiary/aromatic N) is 4. The predicted molar refractivity (Wildman–Crippen MR) is 198 cm³/mol. The van der Waals surface area contributed by atoms with Crippen LogP contribution in [-0.2, 0) is 26.5 Å². The summed E-state index contributed by atoms with van der Waals surface area (Å²) >= 11 is 0. The van der Waals surface area contributed by atoms with E-state index in [4.69, 9.17) is 9.47 Å². The van der Waals surface area contributed by atoms with Gasteiger partial charge in [0.25, 0.3) is 5.91 Å². The third kappa shape index (κ3) is 4.33. The van der Waals surface area contributed by atoms with E-state index in [1.54, 1.807) is 6.92 Å². The molecule has 14 heteroatoms. The van der Waals surface area contributed by atoms with Crippen LogP contribution in [-0.4, -0.2) is 86.9 Å². The number of rotatable bonds is 3. The molecule has 14 nitrogen and oxygen atoms in total. The third-order valence-electron chi connectivity index (χ3n) is 12.3. The average Bonchev–Trinajstić information content (AvgIpc) is 3.88. The number of carbonyl (C=O) groups excluding carboxylic acids is 4. The molecule has 7 heterocycles. The lowest BCUT2D eigenvalue weighted by atomic mass is 9.88. The monoisotopic (exact) mass is 719 g/mol. The maximum atomic E-state index is 13.9. The molecule has 0 saturated carbocycles. The van der Waals surface area contributed by atoms with E-state index in [0.29, 0.717) is 59.5 Å². The molecule has 274 valence electrons. The van der Waals surface area contributed by atoms with Crippen molar-refractivity contribution < 1.29 is 33.8 Å².